The Balaban J connectivity index is 2.39. The van der Waals surface area contributed by atoms with Crippen molar-refractivity contribution in [3.05, 3.63) is 23.8 Å². The van der Waals surface area contributed by atoms with Gasteiger partial charge in [-0.05, 0) is 12.5 Å². The zero-order valence-corrected chi connectivity index (χ0v) is 9.00. The van der Waals surface area contributed by atoms with Gasteiger partial charge in [-0.25, -0.2) is 0 Å². The molecule has 3 heteroatoms. The van der Waals surface area contributed by atoms with Crippen LogP contribution in [0.15, 0.2) is 18.2 Å². The van der Waals surface area contributed by atoms with Crippen LogP contribution >= 0.6 is 15.9 Å². The van der Waals surface area contributed by atoms with E-state index in [-0.39, 0.29) is 0 Å². The predicted octanol–water partition coefficient (Wildman–Crippen LogP) is 2.91. The highest BCUT2D eigenvalue weighted by Gasteiger charge is 2.18. The van der Waals surface area contributed by atoms with Crippen molar-refractivity contribution in [1.29, 1.82) is 0 Å². The largest absolute Gasteiger partial charge is 0.497 e. The number of methoxy groups -OCH3 is 1. The van der Waals surface area contributed by atoms with Crippen molar-refractivity contribution in [2.24, 2.45) is 0 Å². The molecule has 0 aromatic heterocycles. The summed E-state index contributed by atoms with van der Waals surface area (Å²) in [5.74, 6) is 1.79. The molecule has 1 aromatic carbocycles. The molecule has 1 heterocycles. The molecule has 0 spiro atoms. The fourth-order valence-corrected chi connectivity index (χ4v) is 2.02. The summed E-state index contributed by atoms with van der Waals surface area (Å²) in [5.41, 5.74) is 1.21. The molecule has 0 bridgehead atoms. The Bertz CT molecular complexity index is 312. The smallest absolute Gasteiger partial charge is 0.127 e. The van der Waals surface area contributed by atoms with E-state index in [4.69, 9.17) is 9.47 Å². The van der Waals surface area contributed by atoms with Crippen LogP contribution in [0.2, 0.25) is 0 Å². The van der Waals surface area contributed by atoms with E-state index >= 15 is 0 Å². The molecule has 0 saturated heterocycles. The standard InChI is InChI=1S/C10H11BrO2/c1-12-7-2-3-8-9(11)4-5-13-10(8)6-7/h2-3,6,9H,4-5H2,1H3. The molecule has 0 saturated carbocycles. The molecule has 1 atom stereocenters. The molecule has 0 radical (unpaired) electrons. The van der Waals surface area contributed by atoms with Gasteiger partial charge in [-0.15, -0.1) is 0 Å². The highest BCUT2D eigenvalue weighted by atomic mass is 79.9. The zero-order valence-electron chi connectivity index (χ0n) is 7.42. The molecule has 1 aliphatic heterocycles. The highest BCUT2D eigenvalue weighted by molar-refractivity contribution is 9.09. The lowest BCUT2D eigenvalue weighted by Gasteiger charge is -2.22. The molecule has 0 N–H and O–H groups in total. The molecule has 0 aliphatic carbocycles. The Morgan fingerprint density at radius 2 is 2.38 bits per heavy atom. The second-order valence-corrected chi connectivity index (χ2v) is 4.11. The zero-order chi connectivity index (χ0) is 9.26. The van der Waals surface area contributed by atoms with E-state index in [9.17, 15) is 0 Å². The van der Waals surface area contributed by atoms with Gasteiger partial charge in [-0.2, -0.15) is 0 Å². The third kappa shape index (κ3) is 1.66. The average molecular weight is 243 g/mol. The number of alkyl halides is 1. The van der Waals surface area contributed by atoms with Crippen LogP contribution in [-0.2, 0) is 0 Å². The fraction of sp³-hybridized carbons (Fsp3) is 0.400. The van der Waals surface area contributed by atoms with E-state index in [1.807, 2.05) is 18.2 Å². The molecular formula is C10H11BrO2. The van der Waals surface area contributed by atoms with Crippen molar-refractivity contribution < 1.29 is 9.47 Å². The average Bonchev–Trinajstić information content (AvgIpc) is 2.18. The minimum atomic E-state index is 0.419. The summed E-state index contributed by atoms with van der Waals surface area (Å²) >= 11 is 3.61. The first kappa shape index (κ1) is 8.88. The third-order valence-corrected chi connectivity index (χ3v) is 3.14. The van der Waals surface area contributed by atoms with Crippen LogP contribution < -0.4 is 9.47 Å². The molecule has 70 valence electrons. The van der Waals surface area contributed by atoms with Crippen LogP contribution in [0.3, 0.4) is 0 Å². The third-order valence-electron chi connectivity index (χ3n) is 2.19. The summed E-state index contributed by atoms with van der Waals surface area (Å²) in [5, 5.41) is 0. The van der Waals surface area contributed by atoms with Gasteiger partial charge in [0.15, 0.2) is 0 Å². The van der Waals surface area contributed by atoms with Crippen molar-refractivity contribution in [2.45, 2.75) is 11.2 Å². The number of hydrogen-bond donors (Lipinski definition) is 0. The van der Waals surface area contributed by atoms with Gasteiger partial charge in [0.25, 0.3) is 0 Å². The van der Waals surface area contributed by atoms with Crippen LogP contribution in [-0.4, -0.2) is 13.7 Å². The van der Waals surface area contributed by atoms with Crippen molar-refractivity contribution in [1.82, 2.24) is 0 Å². The van der Waals surface area contributed by atoms with Gasteiger partial charge in [-0.1, -0.05) is 22.0 Å². The summed E-state index contributed by atoms with van der Waals surface area (Å²) in [4.78, 5) is 0.419. The van der Waals surface area contributed by atoms with E-state index in [1.54, 1.807) is 7.11 Å². The Morgan fingerprint density at radius 3 is 3.15 bits per heavy atom. The van der Waals surface area contributed by atoms with Gasteiger partial charge in [0.1, 0.15) is 11.5 Å². The summed E-state index contributed by atoms with van der Waals surface area (Å²) in [7, 11) is 1.66. The van der Waals surface area contributed by atoms with E-state index < -0.39 is 0 Å². The minimum Gasteiger partial charge on any atom is -0.497 e. The Morgan fingerprint density at radius 1 is 1.54 bits per heavy atom. The lowest BCUT2D eigenvalue weighted by molar-refractivity contribution is 0.285. The van der Waals surface area contributed by atoms with Crippen LogP contribution in [0.5, 0.6) is 11.5 Å². The summed E-state index contributed by atoms with van der Waals surface area (Å²) < 4.78 is 10.6. The monoisotopic (exact) mass is 242 g/mol. The van der Waals surface area contributed by atoms with Gasteiger partial charge in [-0.3, -0.25) is 0 Å². The number of fused-ring (bicyclic) bond motifs is 1. The van der Waals surface area contributed by atoms with Gasteiger partial charge < -0.3 is 9.47 Å². The molecule has 0 fully saturated rings. The number of hydrogen-bond acceptors (Lipinski definition) is 2. The minimum absolute atomic E-state index is 0.419. The van der Waals surface area contributed by atoms with Crippen molar-refractivity contribution >= 4 is 15.9 Å². The molecular weight excluding hydrogens is 232 g/mol. The van der Waals surface area contributed by atoms with Crippen LogP contribution in [0.1, 0.15) is 16.8 Å². The number of benzene rings is 1. The number of ether oxygens (including phenoxy) is 2. The molecule has 2 rings (SSSR count). The van der Waals surface area contributed by atoms with Gasteiger partial charge in [0.2, 0.25) is 0 Å². The van der Waals surface area contributed by atoms with Crippen molar-refractivity contribution in [3.8, 4) is 11.5 Å². The Hall–Kier alpha value is -0.700. The van der Waals surface area contributed by atoms with Crippen molar-refractivity contribution in [2.75, 3.05) is 13.7 Å². The van der Waals surface area contributed by atoms with Gasteiger partial charge in [0, 0.05) is 16.5 Å². The van der Waals surface area contributed by atoms with E-state index in [0.29, 0.717) is 4.83 Å². The topological polar surface area (TPSA) is 18.5 Å². The molecule has 1 aromatic rings. The molecule has 1 unspecified atom stereocenters. The maximum atomic E-state index is 5.53. The normalized spacial score (nSPS) is 20.3. The summed E-state index contributed by atoms with van der Waals surface area (Å²) in [6.45, 7) is 0.774. The molecule has 0 amide bonds. The van der Waals surface area contributed by atoms with Gasteiger partial charge >= 0.3 is 0 Å². The quantitative estimate of drug-likeness (QED) is 0.706. The SMILES string of the molecule is COc1ccc2c(c1)OCCC2Br. The lowest BCUT2D eigenvalue weighted by atomic mass is 10.1. The van der Waals surface area contributed by atoms with E-state index in [0.717, 1.165) is 24.5 Å². The van der Waals surface area contributed by atoms with Gasteiger partial charge in [0.05, 0.1) is 13.7 Å². The fourth-order valence-electron chi connectivity index (χ4n) is 1.45. The molecule has 13 heavy (non-hydrogen) atoms. The first-order valence-corrected chi connectivity index (χ1v) is 5.17. The van der Waals surface area contributed by atoms with E-state index in [1.165, 1.54) is 5.56 Å². The number of rotatable bonds is 1. The molecule has 1 aliphatic rings. The number of halogens is 1. The summed E-state index contributed by atoms with van der Waals surface area (Å²) in [6, 6.07) is 5.94. The van der Waals surface area contributed by atoms with Crippen LogP contribution in [0.25, 0.3) is 0 Å². The van der Waals surface area contributed by atoms with Crippen LogP contribution in [0.4, 0.5) is 0 Å². The molecule has 2 nitrogen and oxygen atoms in total. The first-order chi connectivity index (χ1) is 6.31. The van der Waals surface area contributed by atoms with Crippen molar-refractivity contribution in [3.63, 3.8) is 0 Å². The summed E-state index contributed by atoms with van der Waals surface area (Å²) in [6.07, 6.45) is 1.03. The second kappa shape index (κ2) is 3.58. The Labute approximate surface area is 86.0 Å². The predicted molar refractivity (Wildman–Crippen MR) is 54.8 cm³/mol. The first-order valence-electron chi connectivity index (χ1n) is 4.26. The second-order valence-electron chi connectivity index (χ2n) is 3.01. The maximum Gasteiger partial charge on any atom is 0.127 e. The Kier molecular flexibility index (Phi) is 2.44. The van der Waals surface area contributed by atoms with Crippen LogP contribution in [0, 0.1) is 0 Å². The van der Waals surface area contributed by atoms with E-state index in [2.05, 4.69) is 15.9 Å². The lowest BCUT2D eigenvalue weighted by Crippen LogP contribution is -2.10. The maximum absolute atomic E-state index is 5.53. The highest BCUT2D eigenvalue weighted by Crippen LogP contribution is 2.39.